The summed E-state index contributed by atoms with van der Waals surface area (Å²) in [5, 5.41) is 8.19. The summed E-state index contributed by atoms with van der Waals surface area (Å²) in [5.74, 6) is 0.779. The molecule has 0 spiro atoms. The molecule has 0 saturated heterocycles. The zero-order chi connectivity index (χ0) is 14.5. The number of fused-ring (bicyclic) bond motifs is 3. The lowest BCUT2D eigenvalue weighted by Gasteiger charge is -2.27. The van der Waals surface area contributed by atoms with Crippen LogP contribution < -0.4 is 0 Å². The molecule has 1 fully saturated rings. The van der Waals surface area contributed by atoms with Crippen LogP contribution in [-0.4, -0.2) is 0 Å². The SMILES string of the molecule is c1ccc2cc3cc4c(C5CCC5)cccc4cc3cc2c1. The predicted octanol–water partition coefficient (Wildman–Crippen LogP) is 6.41. The Morgan fingerprint density at radius 3 is 1.91 bits per heavy atom. The van der Waals surface area contributed by atoms with Crippen LogP contribution in [0.1, 0.15) is 30.7 Å². The summed E-state index contributed by atoms with van der Waals surface area (Å²) in [6, 6.07) is 24.9. The third-order valence-electron chi connectivity index (χ3n) is 5.28. The molecule has 4 aromatic carbocycles. The van der Waals surface area contributed by atoms with Crippen LogP contribution in [0.3, 0.4) is 0 Å². The second-order valence-electron chi connectivity index (χ2n) is 6.59. The molecule has 0 unspecified atom stereocenters. The molecule has 0 amide bonds. The van der Waals surface area contributed by atoms with E-state index in [0.29, 0.717) is 0 Å². The fraction of sp³-hybridized carbons (Fsp3) is 0.182. The second-order valence-corrected chi connectivity index (χ2v) is 6.59. The summed E-state index contributed by atoms with van der Waals surface area (Å²) >= 11 is 0. The molecule has 0 radical (unpaired) electrons. The van der Waals surface area contributed by atoms with Crippen molar-refractivity contribution in [3.8, 4) is 0 Å². The third-order valence-corrected chi connectivity index (χ3v) is 5.28. The van der Waals surface area contributed by atoms with Crippen LogP contribution in [-0.2, 0) is 0 Å². The highest BCUT2D eigenvalue weighted by Crippen LogP contribution is 2.40. The highest BCUT2D eigenvalue weighted by atomic mass is 14.3. The van der Waals surface area contributed by atoms with Crippen molar-refractivity contribution in [1.29, 1.82) is 0 Å². The van der Waals surface area contributed by atoms with E-state index < -0.39 is 0 Å². The first kappa shape index (κ1) is 12.2. The summed E-state index contributed by atoms with van der Waals surface area (Å²) in [6.45, 7) is 0. The first-order valence-electron chi connectivity index (χ1n) is 8.24. The summed E-state index contributed by atoms with van der Waals surface area (Å²) in [6.07, 6.45) is 4.10. The Morgan fingerprint density at radius 2 is 1.23 bits per heavy atom. The van der Waals surface area contributed by atoms with Crippen LogP contribution >= 0.6 is 0 Å². The van der Waals surface area contributed by atoms with Gasteiger partial charge in [-0.05, 0) is 80.9 Å². The van der Waals surface area contributed by atoms with E-state index in [2.05, 4.69) is 66.7 Å². The van der Waals surface area contributed by atoms with Crippen LogP contribution in [0.2, 0.25) is 0 Å². The Hall–Kier alpha value is -2.34. The topological polar surface area (TPSA) is 0 Å². The molecule has 0 N–H and O–H groups in total. The van der Waals surface area contributed by atoms with Crippen molar-refractivity contribution in [2.45, 2.75) is 25.2 Å². The molecular weight excluding hydrogens is 264 g/mol. The van der Waals surface area contributed by atoms with Crippen molar-refractivity contribution >= 4 is 32.3 Å². The van der Waals surface area contributed by atoms with Gasteiger partial charge in [-0.1, -0.05) is 48.9 Å². The minimum atomic E-state index is 0.779. The average Bonchev–Trinajstić information content (AvgIpc) is 2.50. The van der Waals surface area contributed by atoms with E-state index in [4.69, 9.17) is 0 Å². The van der Waals surface area contributed by atoms with Crippen LogP contribution in [0.4, 0.5) is 0 Å². The van der Waals surface area contributed by atoms with Crippen LogP contribution in [0.5, 0.6) is 0 Å². The van der Waals surface area contributed by atoms with Gasteiger partial charge in [-0.15, -0.1) is 0 Å². The Balaban J connectivity index is 1.85. The smallest absolute Gasteiger partial charge is 0.0143 e. The lowest BCUT2D eigenvalue weighted by molar-refractivity contribution is 0.422. The first-order chi connectivity index (χ1) is 10.9. The number of hydrogen-bond acceptors (Lipinski definition) is 0. The molecule has 4 aromatic rings. The normalized spacial score (nSPS) is 15.5. The third kappa shape index (κ3) is 1.77. The molecule has 0 aliphatic heterocycles. The summed E-state index contributed by atoms with van der Waals surface area (Å²) in [7, 11) is 0. The molecule has 0 heterocycles. The van der Waals surface area contributed by atoms with E-state index in [1.165, 1.54) is 51.6 Å². The number of benzene rings is 4. The number of rotatable bonds is 1. The molecule has 0 atom stereocenters. The van der Waals surface area contributed by atoms with Crippen LogP contribution in [0.25, 0.3) is 32.3 Å². The monoisotopic (exact) mass is 282 g/mol. The average molecular weight is 282 g/mol. The Labute approximate surface area is 130 Å². The van der Waals surface area contributed by atoms with Gasteiger partial charge in [0.05, 0.1) is 0 Å². The van der Waals surface area contributed by atoms with Gasteiger partial charge in [0.15, 0.2) is 0 Å². The van der Waals surface area contributed by atoms with Gasteiger partial charge in [0.1, 0.15) is 0 Å². The van der Waals surface area contributed by atoms with Crippen molar-refractivity contribution in [2.75, 3.05) is 0 Å². The van der Waals surface area contributed by atoms with E-state index in [-0.39, 0.29) is 0 Å². The summed E-state index contributed by atoms with van der Waals surface area (Å²) in [5.41, 5.74) is 1.55. The molecule has 5 rings (SSSR count). The highest BCUT2D eigenvalue weighted by molar-refractivity contribution is 6.05. The van der Waals surface area contributed by atoms with E-state index in [1.54, 1.807) is 5.56 Å². The molecule has 0 nitrogen and oxygen atoms in total. The minimum absolute atomic E-state index is 0.779. The maximum Gasteiger partial charge on any atom is -0.0143 e. The van der Waals surface area contributed by atoms with Gasteiger partial charge in [-0.2, -0.15) is 0 Å². The van der Waals surface area contributed by atoms with Crippen molar-refractivity contribution in [3.63, 3.8) is 0 Å². The predicted molar refractivity (Wildman–Crippen MR) is 95.6 cm³/mol. The van der Waals surface area contributed by atoms with Gasteiger partial charge in [-0.3, -0.25) is 0 Å². The molecule has 0 aromatic heterocycles. The second kappa shape index (κ2) is 4.58. The summed E-state index contributed by atoms with van der Waals surface area (Å²) in [4.78, 5) is 0. The Morgan fingerprint density at radius 1 is 0.591 bits per heavy atom. The quantitative estimate of drug-likeness (QED) is 0.354. The largest absolute Gasteiger partial charge is 0.0616 e. The summed E-state index contributed by atoms with van der Waals surface area (Å²) < 4.78 is 0. The van der Waals surface area contributed by atoms with Gasteiger partial charge in [0.25, 0.3) is 0 Å². The van der Waals surface area contributed by atoms with Gasteiger partial charge in [-0.25, -0.2) is 0 Å². The zero-order valence-electron chi connectivity index (χ0n) is 12.5. The minimum Gasteiger partial charge on any atom is -0.0616 e. The van der Waals surface area contributed by atoms with Gasteiger partial charge in [0.2, 0.25) is 0 Å². The van der Waals surface area contributed by atoms with Gasteiger partial charge >= 0.3 is 0 Å². The molecule has 106 valence electrons. The first-order valence-corrected chi connectivity index (χ1v) is 8.24. The zero-order valence-corrected chi connectivity index (χ0v) is 12.5. The van der Waals surface area contributed by atoms with Crippen LogP contribution in [0.15, 0.2) is 66.7 Å². The number of hydrogen-bond donors (Lipinski definition) is 0. The highest BCUT2D eigenvalue weighted by Gasteiger charge is 2.21. The maximum absolute atomic E-state index is 2.41. The Kier molecular flexibility index (Phi) is 2.54. The standard InChI is InChI=1S/C22H18/c1-2-6-17-12-20-14-22-18(13-19(20)11-16(17)5-1)9-4-10-21(22)15-7-3-8-15/h1-2,4-6,9-15H,3,7-8H2. The van der Waals surface area contributed by atoms with Crippen molar-refractivity contribution in [3.05, 3.63) is 72.3 Å². The molecule has 1 aliphatic rings. The molecular formula is C22H18. The Bertz CT molecular complexity index is 1010. The fourth-order valence-corrected chi connectivity index (χ4v) is 3.82. The molecule has 1 saturated carbocycles. The van der Waals surface area contributed by atoms with Gasteiger partial charge < -0.3 is 0 Å². The van der Waals surface area contributed by atoms with E-state index in [1.807, 2.05) is 0 Å². The molecule has 1 aliphatic carbocycles. The van der Waals surface area contributed by atoms with E-state index in [0.717, 1.165) is 5.92 Å². The van der Waals surface area contributed by atoms with Crippen molar-refractivity contribution in [2.24, 2.45) is 0 Å². The lowest BCUT2D eigenvalue weighted by atomic mass is 9.78. The van der Waals surface area contributed by atoms with Crippen LogP contribution in [0, 0.1) is 0 Å². The fourth-order valence-electron chi connectivity index (χ4n) is 3.82. The maximum atomic E-state index is 2.41. The molecule has 0 heteroatoms. The van der Waals surface area contributed by atoms with Crippen molar-refractivity contribution in [1.82, 2.24) is 0 Å². The van der Waals surface area contributed by atoms with E-state index >= 15 is 0 Å². The molecule has 0 bridgehead atoms. The van der Waals surface area contributed by atoms with Crippen molar-refractivity contribution < 1.29 is 0 Å². The molecule has 22 heavy (non-hydrogen) atoms. The van der Waals surface area contributed by atoms with Gasteiger partial charge in [0, 0.05) is 0 Å². The lowest BCUT2D eigenvalue weighted by Crippen LogP contribution is -2.08. The van der Waals surface area contributed by atoms with E-state index in [9.17, 15) is 0 Å².